The van der Waals surface area contributed by atoms with Gasteiger partial charge in [0.25, 0.3) is 0 Å². The van der Waals surface area contributed by atoms with E-state index in [9.17, 15) is 18.3 Å². The maximum atomic E-state index is 12.7. The summed E-state index contributed by atoms with van der Waals surface area (Å²) in [4.78, 5) is 11.5. The van der Waals surface area contributed by atoms with Crippen LogP contribution in [0.5, 0.6) is 5.75 Å². The van der Waals surface area contributed by atoms with Gasteiger partial charge in [-0.05, 0) is 50.6 Å². The van der Waals surface area contributed by atoms with E-state index < -0.39 is 27.4 Å². The fraction of sp³-hybridized carbons (Fsp3) is 0.316. The first-order chi connectivity index (χ1) is 13.5. The molecule has 0 bridgehead atoms. The van der Waals surface area contributed by atoms with Crippen LogP contribution in [-0.2, 0) is 15.8 Å². The third-order valence-corrected chi connectivity index (χ3v) is 6.20. The van der Waals surface area contributed by atoms with Crippen LogP contribution in [0.3, 0.4) is 0 Å². The van der Waals surface area contributed by atoms with Gasteiger partial charge in [-0.3, -0.25) is 0 Å². The van der Waals surface area contributed by atoms with Gasteiger partial charge in [0.2, 0.25) is 10.0 Å². The number of amides is 1. The highest BCUT2D eigenvalue weighted by molar-refractivity contribution is 7.88. The van der Waals surface area contributed by atoms with Gasteiger partial charge in [0.1, 0.15) is 16.8 Å². The molecule has 0 spiro atoms. The fourth-order valence-corrected chi connectivity index (χ4v) is 4.93. The molecule has 0 saturated heterocycles. The lowest BCUT2D eigenvalue weighted by Crippen LogP contribution is -2.49. The molecule has 0 aliphatic carbocycles. The molecule has 0 radical (unpaired) electrons. The molecule has 0 fully saturated rings. The average molecular weight is 418 g/mol. The molecule has 1 N–H and O–H groups in total. The maximum Gasteiger partial charge on any atom is 0.421 e. The number of hydrogen-bond donors (Lipinski definition) is 1. The van der Waals surface area contributed by atoms with Crippen molar-refractivity contribution in [1.29, 1.82) is 0 Å². The minimum Gasteiger partial charge on any atom is -0.494 e. The zero-order valence-corrected chi connectivity index (χ0v) is 17.3. The Morgan fingerprint density at radius 3 is 2.38 bits per heavy atom. The number of nitrogens with zero attached hydrogens (tertiary/aromatic N) is 4. The van der Waals surface area contributed by atoms with Crippen LogP contribution in [0.1, 0.15) is 26.3 Å². The maximum absolute atomic E-state index is 12.7. The zero-order chi connectivity index (χ0) is 21.4. The van der Waals surface area contributed by atoms with Crippen molar-refractivity contribution in [1.82, 2.24) is 19.3 Å². The number of aromatic nitrogens is 3. The highest BCUT2D eigenvalue weighted by atomic mass is 32.2. The smallest absolute Gasteiger partial charge is 0.421 e. The molecule has 1 aromatic heterocycles. The molecule has 2 aromatic carbocycles. The summed E-state index contributed by atoms with van der Waals surface area (Å²) in [5.41, 5.74) is 1.41. The van der Waals surface area contributed by atoms with E-state index in [1.54, 1.807) is 42.1 Å². The van der Waals surface area contributed by atoms with E-state index >= 15 is 0 Å². The van der Waals surface area contributed by atoms with Crippen molar-refractivity contribution in [3.63, 3.8) is 0 Å². The number of hydrogen-bond acceptors (Lipinski definition) is 6. The van der Waals surface area contributed by atoms with Crippen LogP contribution in [0.4, 0.5) is 4.79 Å². The number of para-hydroxylation sites is 1. The summed E-state index contributed by atoms with van der Waals surface area (Å²) in [5, 5.41) is 17.6. The van der Waals surface area contributed by atoms with Crippen LogP contribution < -0.4 is 4.74 Å². The van der Waals surface area contributed by atoms with Crippen molar-refractivity contribution in [2.24, 2.45) is 0 Å². The summed E-state index contributed by atoms with van der Waals surface area (Å²) < 4.78 is 32.8. The molecule has 9 nitrogen and oxygen atoms in total. The molecule has 3 rings (SSSR count). The largest absolute Gasteiger partial charge is 0.494 e. The predicted molar refractivity (Wildman–Crippen MR) is 108 cm³/mol. The molecule has 1 amide bonds. The standard InChI is InChI=1S/C19H22N4O5S/c1-19(2,3)23(18(24)25)29(26,27)12-13-8-10-14(11-9-13)22-17-15(20-21-22)6-5-7-16(17)28-4/h5-11H,12H2,1-4H3,(H,24,25). The summed E-state index contributed by atoms with van der Waals surface area (Å²) in [6.45, 7) is 4.60. The zero-order valence-electron chi connectivity index (χ0n) is 16.5. The molecule has 1 heterocycles. The normalized spacial score (nSPS) is 12.1. The number of sulfonamides is 1. The lowest BCUT2D eigenvalue weighted by atomic mass is 10.1. The van der Waals surface area contributed by atoms with Crippen LogP contribution in [0.2, 0.25) is 0 Å². The van der Waals surface area contributed by atoms with Crippen LogP contribution in [0.15, 0.2) is 42.5 Å². The van der Waals surface area contributed by atoms with Gasteiger partial charge >= 0.3 is 6.09 Å². The molecule has 29 heavy (non-hydrogen) atoms. The molecule has 3 aromatic rings. The van der Waals surface area contributed by atoms with Crippen LogP contribution >= 0.6 is 0 Å². The number of ether oxygens (including phenoxy) is 1. The van der Waals surface area contributed by atoms with Crippen molar-refractivity contribution in [3.05, 3.63) is 48.0 Å². The monoisotopic (exact) mass is 418 g/mol. The van der Waals surface area contributed by atoms with E-state index in [1.807, 2.05) is 12.1 Å². The van der Waals surface area contributed by atoms with E-state index in [0.717, 1.165) is 0 Å². The lowest BCUT2D eigenvalue weighted by molar-refractivity contribution is 0.146. The minimum atomic E-state index is -4.07. The third kappa shape index (κ3) is 4.02. The van der Waals surface area contributed by atoms with Crippen LogP contribution in [0.25, 0.3) is 16.7 Å². The van der Waals surface area contributed by atoms with Gasteiger partial charge in [0.05, 0.1) is 24.1 Å². The first kappa shape index (κ1) is 20.6. The second kappa shape index (κ2) is 7.36. The van der Waals surface area contributed by atoms with E-state index in [0.29, 0.717) is 32.3 Å². The topological polar surface area (TPSA) is 115 Å². The molecule has 0 unspecified atom stereocenters. The molecule has 0 aliphatic heterocycles. The molecular weight excluding hydrogens is 396 g/mol. The summed E-state index contributed by atoms with van der Waals surface area (Å²) >= 11 is 0. The Balaban J connectivity index is 1.93. The summed E-state index contributed by atoms with van der Waals surface area (Å²) in [5.74, 6) is 0.180. The predicted octanol–water partition coefficient (Wildman–Crippen LogP) is 3.04. The molecule has 154 valence electrons. The van der Waals surface area contributed by atoms with Gasteiger partial charge in [-0.25, -0.2) is 17.9 Å². The molecule has 0 atom stereocenters. The summed E-state index contributed by atoms with van der Waals surface area (Å²) in [6, 6.07) is 12.1. The number of fused-ring (bicyclic) bond motifs is 1. The van der Waals surface area contributed by atoms with Gasteiger partial charge < -0.3 is 9.84 Å². The third-order valence-electron chi connectivity index (χ3n) is 4.24. The second-order valence-corrected chi connectivity index (χ2v) is 9.29. The highest BCUT2D eigenvalue weighted by Crippen LogP contribution is 2.27. The minimum absolute atomic E-state index is 0.432. The van der Waals surface area contributed by atoms with Crippen molar-refractivity contribution < 1.29 is 23.1 Å². The number of carbonyl (C=O) groups is 1. The first-order valence-electron chi connectivity index (χ1n) is 8.78. The van der Waals surface area contributed by atoms with Crippen molar-refractivity contribution >= 4 is 27.1 Å². The summed E-state index contributed by atoms with van der Waals surface area (Å²) in [6.07, 6.45) is -1.50. The van der Waals surface area contributed by atoms with Gasteiger partial charge in [-0.1, -0.05) is 23.4 Å². The van der Waals surface area contributed by atoms with E-state index in [-0.39, 0.29) is 0 Å². The first-order valence-corrected chi connectivity index (χ1v) is 10.4. The lowest BCUT2D eigenvalue weighted by Gasteiger charge is -2.31. The Kier molecular flexibility index (Phi) is 5.22. The fourth-order valence-electron chi connectivity index (χ4n) is 3.12. The SMILES string of the molecule is COc1cccc2nnn(-c3ccc(CS(=O)(=O)N(C(=O)O)C(C)(C)C)cc3)c12. The number of rotatable bonds is 5. The number of benzene rings is 2. The second-order valence-electron chi connectivity index (χ2n) is 7.47. The van der Waals surface area contributed by atoms with Crippen molar-refractivity contribution in [2.45, 2.75) is 32.1 Å². The van der Waals surface area contributed by atoms with E-state index in [4.69, 9.17) is 4.74 Å². The van der Waals surface area contributed by atoms with Crippen LogP contribution in [-0.4, -0.2) is 51.6 Å². The van der Waals surface area contributed by atoms with Gasteiger partial charge in [0, 0.05) is 0 Å². The van der Waals surface area contributed by atoms with Gasteiger partial charge in [-0.2, -0.15) is 4.31 Å². The van der Waals surface area contributed by atoms with E-state index in [2.05, 4.69) is 10.3 Å². The van der Waals surface area contributed by atoms with Crippen LogP contribution in [0, 0.1) is 0 Å². The van der Waals surface area contributed by atoms with E-state index in [1.165, 1.54) is 20.8 Å². The molecule has 10 heteroatoms. The van der Waals surface area contributed by atoms with Gasteiger partial charge in [-0.15, -0.1) is 5.10 Å². The Morgan fingerprint density at radius 2 is 1.83 bits per heavy atom. The quantitative estimate of drug-likeness (QED) is 0.677. The molecular formula is C19H22N4O5S. The number of carboxylic acid groups (broad SMARTS) is 1. The molecule has 0 aliphatic rings. The average Bonchev–Trinajstić information content (AvgIpc) is 3.04. The molecule has 0 saturated carbocycles. The Morgan fingerprint density at radius 1 is 1.17 bits per heavy atom. The Labute approximate surface area is 168 Å². The number of methoxy groups -OCH3 is 1. The summed E-state index contributed by atoms with van der Waals surface area (Å²) in [7, 11) is -2.51. The highest BCUT2D eigenvalue weighted by Gasteiger charge is 2.37. The van der Waals surface area contributed by atoms with Crippen molar-refractivity contribution in [2.75, 3.05) is 7.11 Å². The van der Waals surface area contributed by atoms with Gasteiger partial charge in [0.15, 0.2) is 0 Å². The Bertz CT molecular complexity index is 1150. The van der Waals surface area contributed by atoms with Crippen molar-refractivity contribution in [3.8, 4) is 11.4 Å². The Hall–Kier alpha value is -3.14.